The van der Waals surface area contributed by atoms with Crippen LogP contribution in [0.1, 0.15) is 48.7 Å². The fourth-order valence-corrected chi connectivity index (χ4v) is 3.52. The first kappa shape index (κ1) is 16.3. The van der Waals surface area contributed by atoms with Gasteiger partial charge in [0.2, 0.25) is 5.88 Å². The van der Waals surface area contributed by atoms with Crippen LogP contribution in [0, 0.1) is 6.92 Å². The fraction of sp³-hybridized carbons (Fsp3) is 0.529. The number of esters is 1. The van der Waals surface area contributed by atoms with E-state index in [0.717, 1.165) is 28.5 Å². The van der Waals surface area contributed by atoms with Crippen LogP contribution in [0.25, 0.3) is 11.0 Å². The second-order valence-electron chi connectivity index (χ2n) is 5.91. The number of aromatic nitrogens is 2. The molecule has 6 heteroatoms. The lowest BCUT2D eigenvalue weighted by Crippen LogP contribution is -2.12. The Bertz CT molecular complexity index is 748. The van der Waals surface area contributed by atoms with E-state index in [9.17, 15) is 4.79 Å². The van der Waals surface area contributed by atoms with Crippen molar-refractivity contribution < 1.29 is 14.3 Å². The van der Waals surface area contributed by atoms with Crippen LogP contribution in [0.2, 0.25) is 0 Å². The second kappa shape index (κ2) is 6.51. The van der Waals surface area contributed by atoms with Gasteiger partial charge in [-0.25, -0.2) is 9.78 Å². The van der Waals surface area contributed by atoms with E-state index in [1.807, 2.05) is 24.6 Å². The number of halogens is 1. The summed E-state index contributed by atoms with van der Waals surface area (Å²) in [5.74, 6) is 0.220. The van der Waals surface area contributed by atoms with Crippen molar-refractivity contribution >= 4 is 32.9 Å². The van der Waals surface area contributed by atoms with Gasteiger partial charge in [-0.2, -0.15) is 0 Å². The zero-order valence-electron chi connectivity index (χ0n) is 13.7. The summed E-state index contributed by atoms with van der Waals surface area (Å²) in [5.41, 5.74) is 2.89. The molecule has 0 radical (unpaired) electrons. The van der Waals surface area contributed by atoms with Crippen molar-refractivity contribution in [2.45, 2.75) is 45.6 Å². The highest BCUT2D eigenvalue weighted by Crippen LogP contribution is 2.34. The van der Waals surface area contributed by atoms with E-state index in [4.69, 9.17) is 9.47 Å². The van der Waals surface area contributed by atoms with Crippen LogP contribution >= 0.6 is 15.9 Å². The summed E-state index contributed by atoms with van der Waals surface area (Å²) in [6.45, 7) is 4.05. The number of rotatable bonds is 4. The number of carbonyl (C=O) groups excluding carboxylic acids is 1. The van der Waals surface area contributed by atoms with E-state index in [-0.39, 0.29) is 12.1 Å². The molecule has 0 spiro atoms. The monoisotopic (exact) mass is 380 g/mol. The predicted octanol–water partition coefficient (Wildman–Crippen LogP) is 4.14. The first-order valence-electron chi connectivity index (χ1n) is 8.02. The van der Waals surface area contributed by atoms with Gasteiger partial charge in [0.05, 0.1) is 16.6 Å². The zero-order valence-corrected chi connectivity index (χ0v) is 15.3. The normalized spacial score (nSPS) is 15.3. The highest BCUT2D eigenvalue weighted by molar-refractivity contribution is 9.10. The molecule has 0 aromatic carbocycles. The first-order chi connectivity index (χ1) is 11.0. The molecule has 0 aliphatic heterocycles. The van der Waals surface area contributed by atoms with Crippen molar-refractivity contribution in [1.29, 1.82) is 0 Å². The van der Waals surface area contributed by atoms with Crippen molar-refractivity contribution in [1.82, 2.24) is 9.55 Å². The summed E-state index contributed by atoms with van der Waals surface area (Å²) in [5, 5.41) is 0. The highest BCUT2D eigenvalue weighted by atomic mass is 79.9. The zero-order chi connectivity index (χ0) is 16.6. The van der Waals surface area contributed by atoms with Gasteiger partial charge in [-0.15, -0.1) is 0 Å². The minimum atomic E-state index is -0.336. The number of hydrogen-bond acceptors (Lipinski definition) is 4. The van der Waals surface area contributed by atoms with E-state index in [1.54, 1.807) is 6.92 Å². The molecule has 1 aliphatic carbocycles. The molecule has 1 aliphatic rings. The Balaban J connectivity index is 2.08. The minimum Gasteiger partial charge on any atom is -0.474 e. The third kappa shape index (κ3) is 2.96. The van der Waals surface area contributed by atoms with E-state index in [0.29, 0.717) is 23.6 Å². The van der Waals surface area contributed by atoms with E-state index >= 15 is 0 Å². The molecule has 0 atom stereocenters. The molecule has 0 amide bonds. The number of pyridine rings is 1. The van der Waals surface area contributed by atoms with Crippen LogP contribution in [0.3, 0.4) is 0 Å². The summed E-state index contributed by atoms with van der Waals surface area (Å²) in [6.07, 6.45) is 4.73. The first-order valence-corrected chi connectivity index (χ1v) is 8.81. The van der Waals surface area contributed by atoms with E-state index < -0.39 is 0 Å². The average molecular weight is 381 g/mol. The van der Waals surface area contributed by atoms with Gasteiger partial charge in [0.1, 0.15) is 17.2 Å². The van der Waals surface area contributed by atoms with Crippen LogP contribution in [0.4, 0.5) is 0 Å². The predicted molar refractivity (Wildman–Crippen MR) is 92.0 cm³/mol. The molecule has 124 valence electrons. The molecule has 1 saturated carbocycles. The van der Waals surface area contributed by atoms with Gasteiger partial charge in [0, 0.05) is 12.7 Å². The standard InChI is InChI=1S/C17H21BrN2O3/c1-4-22-17(21)14-10(2)20(3)13-9-12(18)16(19-15(13)14)23-11-7-5-6-8-11/h9,11H,4-8H2,1-3H3. The van der Waals surface area contributed by atoms with Crippen molar-refractivity contribution in [2.75, 3.05) is 6.61 Å². The lowest BCUT2D eigenvalue weighted by atomic mass is 10.2. The van der Waals surface area contributed by atoms with Gasteiger partial charge in [-0.05, 0) is 61.5 Å². The Hall–Kier alpha value is -1.56. The number of ether oxygens (including phenoxy) is 2. The Morgan fingerprint density at radius 1 is 1.43 bits per heavy atom. The summed E-state index contributed by atoms with van der Waals surface area (Å²) in [4.78, 5) is 16.9. The van der Waals surface area contributed by atoms with E-state index in [1.165, 1.54) is 12.8 Å². The molecule has 3 rings (SSSR count). The quantitative estimate of drug-likeness (QED) is 0.747. The Kier molecular flexibility index (Phi) is 4.62. The maximum absolute atomic E-state index is 12.3. The van der Waals surface area contributed by atoms with Crippen molar-refractivity contribution in [3.05, 3.63) is 21.8 Å². The Morgan fingerprint density at radius 2 is 2.13 bits per heavy atom. The number of fused-ring (bicyclic) bond motifs is 1. The van der Waals surface area contributed by atoms with Crippen LogP contribution in [0.5, 0.6) is 5.88 Å². The smallest absolute Gasteiger partial charge is 0.342 e. The SMILES string of the molecule is CCOC(=O)c1c(C)n(C)c2cc(Br)c(OC3CCCC3)nc12. The number of carbonyl (C=O) groups is 1. The number of aryl methyl sites for hydroxylation is 1. The van der Waals surface area contributed by atoms with Crippen LogP contribution in [-0.4, -0.2) is 28.2 Å². The summed E-state index contributed by atoms with van der Waals surface area (Å²) >= 11 is 3.54. The van der Waals surface area contributed by atoms with Gasteiger partial charge in [0.15, 0.2) is 0 Å². The molecule has 0 bridgehead atoms. The molecule has 0 unspecified atom stereocenters. The molecule has 2 aromatic heterocycles. The van der Waals surface area contributed by atoms with Gasteiger partial charge < -0.3 is 14.0 Å². The Morgan fingerprint density at radius 3 is 2.78 bits per heavy atom. The van der Waals surface area contributed by atoms with Gasteiger partial charge in [-0.3, -0.25) is 0 Å². The molecule has 2 aromatic rings. The second-order valence-corrected chi connectivity index (χ2v) is 6.76. The van der Waals surface area contributed by atoms with Crippen LogP contribution in [-0.2, 0) is 11.8 Å². The maximum atomic E-state index is 12.3. The van der Waals surface area contributed by atoms with Crippen molar-refractivity contribution in [2.24, 2.45) is 7.05 Å². The third-order valence-electron chi connectivity index (χ3n) is 4.45. The van der Waals surface area contributed by atoms with Crippen LogP contribution < -0.4 is 4.74 Å². The third-order valence-corrected chi connectivity index (χ3v) is 5.01. The largest absolute Gasteiger partial charge is 0.474 e. The molecule has 5 nitrogen and oxygen atoms in total. The lowest BCUT2D eigenvalue weighted by Gasteiger charge is -2.13. The topological polar surface area (TPSA) is 53.4 Å². The van der Waals surface area contributed by atoms with Crippen LogP contribution in [0.15, 0.2) is 10.5 Å². The molecule has 2 heterocycles. The Labute approximate surface area is 144 Å². The van der Waals surface area contributed by atoms with Gasteiger partial charge in [-0.1, -0.05) is 0 Å². The van der Waals surface area contributed by atoms with Crippen molar-refractivity contribution in [3.63, 3.8) is 0 Å². The minimum absolute atomic E-state index is 0.215. The van der Waals surface area contributed by atoms with E-state index in [2.05, 4.69) is 20.9 Å². The summed E-state index contributed by atoms with van der Waals surface area (Å²) in [7, 11) is 1.92. The molecular formula is C17H21BrN2O3. The molecular weight excluding hydrogens is 360 g/mol. The number of nitrogens with zero attached hydrogens (tertiary/aromatic N) is 2. The summed E-state index contributed by atoms with van der Waals surface area (Å²) < 4.78 is 14.0. The lowest BCUT2D eigenvalue weighted by molar-refractivity contribution is 0.0527. The average Bonchev–Trinajstić information content (AvgIpc) is 3.09. The molecule has 23 heavy (non-hydrogen) atoms. The molecule has 0 N–H and O–H groups in total. The van der Waals surface area contributed by atoms with Gasteiger partial charge in [0.25, 0.3) is 0 Å². The number of hydrogen-bond donors (Lipinski definition) is 0. The molecule has 0 saturated heterocycles. The van der Waals surface area contributed by atoms with Gasteiger partial charge >= 0.3 is 5.97 Å². The molecule has 1 fully saturated rings. The maximum Gasteiger partial charge on any atom is 0.342 e. The van der Waals surface area contributed by atoms with Crippen molar-refractivity contribution in [3.8, 4) is 5.88 Å². The fourth-order valence-electron chi connectivity index (χ4n) is 3.12. The highest BCUT2D eigenvalue weighted by Gasteiger charge is 2.24. The summed E-state index contributed by atoms with van der Waals surface area (Å²) in [6, 6.07) is 1.96.